The molecule has 0 spiro atoms. The summed E-state index contributed by atoms with van der Waals surface area (Å²) < 4.78 is 16.8. The van der Waals surface area contributed by atoms with Crippen LogP contribution in [-0.4, -0.2) is 40.3 Å². The minimum absolute atomic E-state index is 0.118. The molecule has 8 heteroatoms. The van der Waals surface area contributed by atoms with E-state index in [2.05, 4.69) is 13.8 Å². The van der Waals surface area contributed by atoms with Gasteiger partial charge in [0.2, 0.25) is 8.46 Å². The van der Waals surface area contributed by atoms with Crippen molar-refractivity contribution in [2.75, 3.05) is 12.4 Å². The van der Waals surface area contributed by atoms with Crippen LogP contribution < -0.4 is 0 Å². The van der Waals surface area contributed by atoms with Crippen LogP contribution in [0.15, 0.2) is 0 Å². The summed E-state index contributed by atoms with van der Waals surface area (Å²) >= 11 is 1.88. The first-order valence-electron chi connectivity index (χ1n) is 13.6. The van der Waals surface area contributed by atoms with Gasteiger partial charge in [-0.3, -0.25) is 4.57 Å². The summed E-state index contributed by atoms with van der Waals surface area (Å²) in [4.78, 5) is 22.3. The molecule has 3 unspecified atom stereocenters. The highest BCUT2D eigenvalue weighted by atomic mass is 32.2. The number of carbonyl (C=O) groups is 1. The number of carboxylic acid groups (broad SMARTS) is 1. The summed E-state index contributed by atoms with van der Waals surface area (Å²) in [5.74, 6) is -0.402. The third-order valence-electron chi connectivity index (χ3n) is 5.90. The molecule has 0 saturated heterocycles. The highest BCUT2D eigenvalue weighted by Crippen LogP contribution is 2.31. The molecule has 0 aromatic carbocycles. The minimum atomic E-state index is -2.31. The summed E-state index contributed by atoms with van der Waals surface area (Å²) in [5.41, 5.74) is -2.31. The van der Waals surface area contributed by atoms with Crippen LogP contribution in [0, 0.1) is 0 Å². The second-order valence-electron chi connectivity index (χ2n) is 9.15. The first-order chi connectivity index (χ1) is 16.5. The van der Waals surface area contributed by atoms with E-state index < -0.39 is 20.0 Å². The molecule has 0 rings (SSSR count). The van der Waals surface area contributed by atoms with E-state index in [0.717, 1.165) is 18.6 Å². The SMILES string of the molecule is CCCCCCCCCCCCSC(CCCCCC)C(C)OOC(OCCC)(P=O)C(=O)O. The van der Waals surface area contributed by atoms with Gasteiger partial charge < -0.3 is 9.84 Å². The van der Waals surface area contributed by atoms with E-state index >= 15 is 0 Å². The number of ether oxygens (including phenoxy) is 1. The van der Waals surface area contributed by atoms with Crippen LogP contribution in [0.3, 0.4) is 0 Å². The molecule has 1 N–H and O–H groups in total. The number of thioether (sulfide) groups is 1. The number of carboxylic acids is 1. The van der Waals surface area contributed by atoms with Crippen molar-refractivity contribution in [3.05, 3.63) is 0 Å². The van der Waals surface area contributed by atoms with Crippen molar-refractivity contribution in [3.63, 3.8) is 0 Å². The molecule has 0 heterocycles. The molecule has 0 aliphatic heterocycles. The molecule has 202 valence electrons. The predicted octanol–water partition coefficient (Wildman–Crippen LogP) is 8.77. The molecule has 6 nitrogen and oxygen atoms in total. The Bertz CT molecular complexity index is 496. The highest BCUT2D eigenvalue weighted by molar-refractivity contribution is 7.99. The van der Waals surface area contributed by atoms with Gasteiger partial charge in [0.15, 0.2) is 0 Å². The van der Waals surface area contributed by atoms with Crippen LogP contribution in [-0.2, 0) is 23.9 Å². The van der Waals surface area contributed by atoms with Crippen LogP contribution in [0.2, 0.25) is 0 Å². The first-order valence-corrected chi connectivity index (χ1v) is 15.5. The molecule has 0 aromatic rings. The van der Waals surface area contributed by atoms with Crippen LogP contribution in [0.25, 0.3) is 0 Å². The third-order valence-corrected chi connectivity index (χ3v) is 8.11. The van der Waals surface area contributed by atoms with Crippen LogP contribution in [0.1, 0.15) is 130 Å². The predicted molar refractivity (Wildman–Crippen MR) is 143 cm³/mol. The van der Waals surface area contributed by atoms with Crippen molar-refractivity contribution in [1.29, 1.82) is 0 Å². The van der Waals surface area contributed by atoms with Gasteiger partial charge in [0.1, 0.15) is 6.10 Å². The maximum absolute atomic E-state index is 11.6. The van der Waals surface area contributed by atoms with Gasteiger partial charge >= 0.3 is 11.5 Å². The van der Waals surface area contributed by atoms with Crippen LogP contribution in [0.4, 0.5) is 0 Å². The monoisotopic (exact) mass is 522 g/mol. The van der Waals surface area contributed by atoms with Gasteiger partial charge in [-0.05, 0) is 31.9 Å². The molecule has 0 saturated carbocycles. The van der Waals surface area contributed by atoms with Gasteiger partial charge in [-0.15, -0.1) is 0 Å². The first kappa shape index (κ1) is 33.8. The third kappa shape index (κ3) is 16.5. The van der Waals surface area contributed by atoms with Crippen molar-refractivity contribution >= 4 is 26.2 Å². The van der Waals surface area contributed by atoms with Gasteiger partial charge in [0, 0.05) is 5.25 Å². The summed E-state index contributed by atoms with van der Waals surface area (Å²) in [5, 5.41) is 9.67. The van der Waals surface area contributed by atoms with Crippen LogP contribution >= 0.6 is 20.2 Å². The summed E-state index contributed by atoms with van der Waals surface area (Å²) in [6.45, 7) is 8.30. The van der Waals surface area contributed by atoms with E-state index in [9.17, 15) is 14.5 Å². The molecule has 0 amide bonds. The summed E-state index contributed by atoms with van der Waals surface area (Å²) in [6, 6.07) is 0. The lowest BCUT2D eigenvalue weighted by Gasteiger charge is -2.27. The van der Waals surface area contributed by atoms with Gasteiger partial charge in [-0.1, -0.05) is 104 Å². The normalized spacial score (nSPS) is 15.3. The van der Waals surface area contributed by atoms with Crippen molar-refractivity contribution in [2.45, 2.75) is 147 Å². The average molecular weight is 523 g/mol. The second kappa shape index (κ2) is 23.2. The quantitative estimate of drug-likeness (QED) is 0.0399. The Morgan fingerprint density at radius 3 is 1.88 bits per heavy atom. The average Bonchev–Trinajstić information content (AvgIpc) is 2.83. The van der Waals surface area contributed by atoms with Crippen molar-refractivity contribution in [1.82, 2.24) is 0 Å². The largest absolute Gasteiger partial charge is 0.477 e. The zero-order valence-corrected chi connectivity index (χ0v) is 23.9. The van der Waals surface area contributed by atoms with Gasteiger partial charge in [0.25, 0.3) is 0 Å². The highest BCUT2D eigenvalue weighted by Gasteiger charge is 2.45. The Labute approximate surface area is 214 Å². The zero-order valence-electron chi connectivity index (χ0n) is 22.2. The maximum atomic E-state index is 11.6. The summed E-state index contributed by atoms with van der Waals surface area (Å²) in [7, 11) is -0.784. The van der Waals surface area contributed by atoms with Crippen molar-refractivity contribution < 1.29 is 29.0 Å². The fraction of sp³-hybridized carbons (Fsp3) is 0.962. The van der Waals surface area contributed by atoms with E-state index in [1.54, 1.807) is 0 Å². The smallest absolute Gasteiger partial charge is 0.380 e. The minimum Gasteiger partial charge on any atom is -0.477 e. The topological polar surface area (TPSA) is 82.1 Å². The van der Waals surface area contributed by atoms with Crippen LogP contribution in [0.5, 0.6) is 0 Å². The molecule has 0 aliphatic carbocycles. The number of aliphatic carboxylic acids is 1. The molecule has 0 aliphatic rings. The number of hydrogen-bond acceptors (Lipinski definition) is 6. The maximum Gasteiger partial charge on any atom is 0.380 e. The van der Waals surface area contributed by atoms with Gasteiger partial charge in [0.05, 0.1) is 6.61 Å². The van der Waals surface area contributed by atoms with E-state index in [1.807, 2.05) is 25.6 Å². The van der Waals surface area contributed by atoms with Gasteiger partial charge in [-0.2, -0.15) is 16.6 Å². The number of unbranched alkanes of at least 4 members (excludes halogenated alkanes) is 12. The molecular formula is C26H51O6PS. The Morgan fingerprint density at radius 2 is 1.38 bits per heavy atom. The molecular weight excluding hydrogens is 471 g/mol. The fourth-order valence-corrected chi connectivity index (χ4v) is 5.31. The molecule has 0 radical (unpaired) electrons. The van der Waals surface area contributed by atoms with Crippen molar-refractivity contribution in [3.8, 4) is 0 Å². The Hall–Kier alpha value is -0.200. The Kier molecular flexibility index (Phi) is 23.1. The standard InChI is InChI=1S/C26H51O6PS/c1-5-8-10-12-13-14-15-16-17-19-22-34-24(20-18-11-9-6-2)23(4)31-32-26(33-29,25(27)28)30-21-7-3/h23-24H,5-22H2,1-4H3,(H,27,28). The van der Waals surface area contributed by atoms with Crippen molar-refractivity contribution in [2.24, 2.45) is 0 Å². The lowest BCUT2D eigenvalue weighted by Crippen LogP contribution is -2.41. The molecule has 0 bridgehead atoms. The summed E-state index contributed by atoms with van der Waals surface area (Å²) in [6.07, 6.45) is 19.1. The zero-order chi connectivity index (χ0) is 25.5. The second-order valence-corrected chi connectivity index (χ2v) is 11.3. The Morgan fingerprint density at radius 1 is 0.853 bits per heavy atom. The number of hydrogen-bond donors (Lipinski definition) is 1. The lowest BCUT2D eigenvalue weighted by molar-refractivity contribution is -0.402. The molecule has 34 heavy (non-hydrogen) atoms. The lowest BCUT2D eigenvalue weighted by atomic mass is 10.1. The fourth-order valence-electron chi connectivity index (χ4n) is 3.70. The molecule has 0 aromatic heterocycles. The molecule has 3 atom stereocenters. The van der Waals surface area contributed by atoms with E-state index in [0.29, 0.717) is 6.42 Å². The molecule has 0 fully saturated rings. The van der Waals surface area contributed by atoms with Gasteiger partial charge in [-0.25, -0.2) is 9.68 Å². The van der Waals surface area contributed by atoms with E-state index in [4.69, 9.17) is 14.5 Å². The number of rotatable bonds is 26. The van der Waals surface area contributed by atoms with E-state index in [1.165, 1.54) is 83.5 Å². The Balaban J connectivity index is 4.47. The van der Waals surface area contributed by atoms with E-state index in [-0.39, 0.29) is 18.0 Å².